The van der Waals surface area contributed by atoms with Crippen LogP contribution in [0.3, 0.4) is 0 Å². The molecule has 3 aromatic rings. The summed E-state index contributed by atoms with van der Waals surface area (Å²) in [4.78, 5) is 36.2. The highest BCUT2D eigenvalue weighted by atomic mass is 16.5. The zero-order chi connectivity index (χ0) is 20.1. The lowest BCUT2D eigenvalue weighted by Crippen LogP contribution is -2.46. The number of ether oxygens (including phenoxy) is 1. The largest absolute Gasteiger partial charge is 0.483 e. The van der Waals surface area contributed by atoms with E-state index in [2.05, 4.69) is 21.2 Å². The van der Waals surface area contributed by atoms with Crippen molar-refractivity contribution in [2.24, 2.45) is 0 Å². The normalized spacial score (nSPS) is 10.5. The van der Waals surface area contributed by atoms with Gasteiger partial charge in [0.15, 0.2) is 6.61 Å². The number of nitrogens with zero attached hydrogens (tertiary/aromatic N) is 3. The SMILES string of the molecule is Cc1cccc(C)c1OCC(=O)NNC(=O)Cn1nnc2ccccc2c1=O. The van der Waals surface area contributed by atoms with Crippen LogP contribution in [0.15, 0.2) is 47.3 Å². The molecule has 2 N–H and O–H groups in total. The summed E-state index contributed by atoms with van der Waals surface area (Å²) in [6.07, 6.45) is 0. The van der Waals surface area contributed by atoms with Gasteiger partial charge in [-0.15, -0.1) is 5.10 Å². The van der Waals surface area contributed by atoms with Crippen molar-refractivity contribution in [1.82, 2.24) is 25.8 Å². The molecule has 0 saturated heterocycles. The van der Waals surface area contributed by atoms with Crippen LogP contribution in [0.25, 0.3) is 10.9 Å². The Kier molecular flexibility index (Phi) is 5.64. The summed E-state index contributed by atoms with van der Waals surface area (Å²) < 4.78 is 6.43. The Bertz CT molecular complexity index is 1070. The number of para-hydroxylation sites is 1. The molecule has 2 aromatic carbocycles. The second-order valence-corrected chi connectivity index (χ2v) is 6.18. The Hall–Kier alpha value is -3.75. The molecule has 0 bridgehead atoms. The van der Waals surface area contributed by atoms with Crippen molar-refractivity contribution in [1.29, 1.82) is 0 Å². The molecule has 0 fully saturated rings. The molecule has 2 amide bonds. The summed E-state index contributed by atoms with van der Waals surface area (Å²) in [5, 5.41) is 7.98. The van der Waals surface area contributed by atoms with Crippen LogP contribution in [-0.4, -0.2) is 33.4 Å². The second kappa shape index (κ2) is 8.30. The van der Waals surface area contributed by atoms with Gasteiger partial charge in [0, 0.05) is 0 Å². The minimum atomic E-state index is -0.618. The molecule has 1 heterocycles. The predicted molar refractivity (Wildman–Crippen MR) is 101 cm³/mol. The summed E-state index contributed by atoms with van der Waals surface area (Å²) >= 11 is 0. The molecule has 0 atom stereocenters. The van der Waals surface area contributed by atoms with Crippen molar-refractivity contribution in [2.45, 2.75) is 20.4 Å². The quantitative estimate of drug-likeness (QED) is 0.627. The van der Waals surface area contributed by atoms with E-state index in [9.17, 15) is 14.4 Å². The van der Waals surface area contributed by atoms with Gasteiger partial charge in [-0.25, -0.2) is 4.68 Å². The molecule has 9 nitrogen and oxygen atoms in total. The first-order chi connectivity index (χ1) is 13.5. The molecule has 9 heteroatoms. The van der Waals surface area contributed by atoms with Gasteiger partial charge < -0.3 is 4.74 Å². The van der Waals surface area contributed by atoms with Crippen molar-refractivity contribution >= 4 is 22.7 Å². The molecule has 0 aliphatic carbocycles. The van der Waals surface area contributed by atoms with E-state index in [0.717, 1.165) is 15.8 Å². The zero-order valence-electron chi connectivity index (χ0n) is 15.4. The summed E-state index contributed by atoms with van der Waals surface area (Å²) in [6, 6.07) is 12.4. The van der Waals surface area contributed by atoms with Crippen LogP contribution in [0.5, 0.6) is 5.75 Å². The number of nitrogens with one attached hydrogen (secondary N) is 2. The predicted octanol–water partition coefficient (Wildman–Crippen LogP) is 0.635. The first-order valence-electron chi connectivity index (χ1n) is 8.55. The molecule has 28 heavy (non-hydrogen) atoms. The van der Waals surface area contributed by atoms with Gasteiger partial charge >= 0.3 is 0 Å². The summed E-state index contributed by atoms with van der Waals surface area (Å²) in [6.45, 7) is 3.12. The third kappa shape index (κ3) is 4.32. The van der Waals surface area contributed by atoms with Crippen molar-refractivity contribution in [3.8, 4) is 5.75 Å². The zero-order valence-corrected chi connectivity index (χ0v) is 15.4. The number of fused-ring (bicyclic) bond motifs is 1. The van der Waals surface area contributed by atoms with E-state index < -0.39 is 17.4 Å². The Labute approximate surface area is 160 Å². The molecule has 3 rings (SSSR count). The fourth-order valence-electron chi connectivity index (χ4n) is 2.64. The van der Waals surface area contributed by atoms with Gasteiger partial charge in [-0.3, -0.25) is 25.2 Å². The maximum atomic E-state index is 12.3. The Morgan fingerprint density at radius 3 is 2.43 bits per heavy atom. The van der Waals surface area contributed by atoms with Gasteiger partial charge in [-0.1, -0.05) is 35.5 Å². The molecule has 0 aliphatic heterocycles. The van der Waals surface area contributed by atoms with E-state index in [4.69, 9.17) is 4.74 Å². The van der Waals surface area contributed by atoms with Crippen molar-refractivity contribution in [2.75, 3.05) is 6.61 Å². The topological polar surface area (TPSA) is 115 Å². The number of aryl methyl sites for hydroxylation is 2. The Morgan fingerprint density at radius 1 is 1.00 bits per heavy atom. The van der Waals surface area contributed by atoms with E-state index in [-0.39, 0.29) is 13.2 Å². The number of amides is 2. The highest BCUT2D eigenvalue weighted by molar-refractivity contribution is 5.83. The lowest BCUT2D eigenvalue weighted by atomic mass is 10.1. The summed E-state index contributed by atoms with van der Waals surface area (Å²) in [5.41, 5.74) is 6.29. The number of hydrogen-bond acceptors (Lipinski definition) is 6. The lowest BCUT2D eigenvalue weighted by molar-refractivity contribution is -0.130. The van der Waals surface area contributed by atoms with Crippen LogP contribution in [-0.2, 0) is 16.1 Å². The number of aromatic nitrogens is 3. The number of hydrazine groups is 1. The van der Waals surface area contributed by atoms with Crippen LogP contribution < -0.4 is 21.1 Å². The third-order valence-corrected chi connectivity index (χ3v) is 4.02. The molecule has 0 spiro atoms. The number of benzene rings is 2. The molecular weight excluding hydrogens is 362 g/mol. The van der Waals surface area contributed by atoms with Crippen LogP contribution in [0.4, 0.5) is 0 Å². The minimum Gasteiger partial charge on any atom is -0.483 e. The van der Waals surface area contributed by atoms with E-state index in [1.165, 1.54) is 0 Å². The van der Waals surface area contributed by atoms with Crippen molar-refractivity contribution < 1.29 is 14.3 Å². The first kappa shape index (κ1) is 19.0. The molecule has 1 aromatic heterocycles. The molecule has 0 aliphatic rings. The number of rotatable bonds is 5. The highest BCUT2D eigenvalue weighted by Gasteiger charge is 2.11. The van der Waals surface area contributed by atoms with Crippen molar-refractivity contribution in [3.05, 3.63) is 63.9 Å². The molecular formula is C19H19N5O4. The van der Waals surface area contributed by atoms with Crippen LogP contribution >= 0.6 is 0 Å². The number of carbonyl (C=O) groups excluding carboxylic acids is 2. The van der Waals surface area contributed by atoms with Crippen LogP contribution in [0.1, 0.15) is 11.1 Å². The monoisotopic (exact) mass is 381 g/mol. The van der Waals surface area contributed by atoms with Gasteiger partial charge in [-0.2, -0.15) is 0 Å². The van der Waals surface area contributed by atoms with Gasteiger partial charge in [0.25, 0.3) is 17.4 Å². The maximum absolute atomic E-state index is 12.3. The molecule has 144 valence electrons. The maximum Gasteiger partial charge on any atom is 0.278 e. The van der Waals surface area contributed by atoms with Crippen molar-refractivity contribution in [3.63, 3.8) is 0 Å². The average Bonchev–Trinajstić information content (AvgIpc) is 2.68. The Morgan fingerprint density at radius 2 is 1.68 bits per heavy atom. The fraction of sp³-hybridized carbons (Fsp3) is 0.211. The van der Waals surface area contributed by atoms with E-state index >= 15 is 0 Å². The number of hydrogen-bond donors (Lipinski definition) is 2. The minimum absolute atomic E-state index is 0.262. The van der Waals surface area contributed by atoms with Gasteiger partial charge in [0.05, 0.1) is 5.39 Å². The molecule has 0 unspecified atom stereocenters. The van der Waals surface area contributed by atoms with Crippen LogP contribution in [0.2, 0.25) is 0 Å². The summed E-state index contributed by atoms with van der Waals surface area (Å²) in [5.74, 6) is -0.526. The molecule has 0 radical (unpaired) electrons. The van der Waals surface area contributed by atoms with Gasteiger partial charge in [-0.05, 0) is 37.1 Å². The van der Waals surface area contributed by atoms with E-state index in [1.807, 2.05) is 32.0 Å². The Balaban J connectivity index is 1.54. The third-order valence-electron chi connectivity index (χ3n) is 4.02. The fourth-order valence-corrected chi connectivity index (χ4v) is 2.64. The van der Waals surface area contributed by atoms with Gasteiger partial charge in [0.2, 0.25) is 0 Å². The number of carbonyl (C=O) groups is 2. The first-order valence-corrected chi connectivity index (χ1v) is 8.55. The highest BCUT2D eigenvalue weighted by Crippen LogP contribution is 2.21. The van der Waals surface area contributed by atoms with E-state index in [1.54, 1.807) is 24.3 Å². The van der Waals surface area contributed by atoms with E-state index in [0.29, 0.717) is 16.7 Å². The van der Waals surface area contributed by atoms with Crippen LogP contribution in [0, 0.1) is 13.8 Å². The molecule has 0 saturated carbocycles. The second-order valence-electron chi connectivity index (χ2n) is 6.18. The standard InChI is InChI=1S/C19H19N5O4/c1-12-6-5-7-13(2)18(12)28-11-17(26)22-21-16(25)10-24-19(27)14-8-3-4-9-15(14)20-23-24/h3-9H,10-11H2,1-2H3,(H,21,25)(H,22,26). The summed E-state index contributed by atoms with van der Waals surface area (Å²) in [7, 11) is 0. The smallest absolute Gasteiger partial charge is 0.278 e. The average molecular weight is 381 g/mol. The lowest BCUT2D eigenvalue weighted by Gasteiger charge is -2.12. The van der Waals surface area contributed by atoms with Gasteiger partial charge in [0.1, 0.15) is 17.8 Å².